The number of rotatable bonds is 5. The van der Waals surface area contributed by atoms with Crippen LogP contribution in [-0.4, -0.2) is 41.8 Å². The lowest BCUT2D eigenvalue weighted by molar-refractivity contribution is -0.140. The van der Waals surface area contributed by atoms with E-state index >= 15 is 0 Å². The van der Waals surface area contributed by atoms with Crippen molar-refractivity contribution in [3.63, 3.8) is 0 Å². The fourth-order valence-corrected chi connectivity index (χ4v) is 4.08. The number of carbonyl (C=O) groups is 2. The van der Waals surface area contributed by atoms with Gasteiger partial charge in [-0.05, 0) is 31.2 Å². The lowest BCUT2D eigenvalue weighted by Crippen LogP contribution is -2.22. The summed E-state index contributed by atoms with van der Waals surface area (Å²) in [6.45, 7) is 0. The minimum Gasteiger partial charge on any atom is -0.469 e. The maximum absolute atomic E-state index is 12.4. The topological polar surface area (TPSA) is 123 Å². The Morgan fingerprint density at radius 2 is 2.04 bits per heavy atom. The molecule has 0 atom stereocenters. The maximum Gasteiger partial charge on any atom is 0.354 e. The number of aromatic amines is 1. The van der Waals surface area contributed by atoms with Crippen LogP contribution in [0, 0.1) is 0 Å². The van der Waals surface area contributed by atoms with Gasteiger partial charge in [0.2, 0.25) is 5.95 Å². The smallest absolute Gasteiger partial charge is 0.354 e. The second-order valence-electron chi connectivity index (χ2n) is 5.72. The molecule has 9 nitrogen and oxygen atoms in total. The highest BCUT2D eigenvalue weighted by molar-refractivity contribution is 7.18. The molecular formula is C16H18N4O5S. The first kappa shape index (κ1) is 18.1. The Morgan fingerprint density at radius 3 is 2.77 bits per heavy atom. The fourth-order valence-electron chi connectivity index (χ4n) is 2.82. The number of hydrazone groups is 1. The molecule has 26 heavy (non-hydrogen) atoms. The van der Waals surface area contributed by atoms with Gasteiger partial charge >= 0.3 is 11.9 Å². The van der Waals surface area contributed by atoms with E-state index in [9.17, 15) is 14.4 Å². The zero-order valence-electron chi connectivity index (χ0n) is 14.4. The van der Waals surface area contributed by atoms with Crippen LogP contribution in [-0.2, 0) is 31.9 Å². The standard InChI is InChI=1S/C16H18N4O5S/c1-24-11(21)7-9(15(23)25-2)19-20-16-17-13(22)12-8-5-3-4-6-10(8)26-14(12)18-16/h3-7H2,1-2H3,(H2,17,18,20,22)/b19-9-. The molecule has 2 aromatic rings. The largest absolute Gasteiger partial charge is 0.469 e. The molecule has 0 saturated heterocycles. The quantitative estimate of drug-likeness (QED) is 0.457. The molecule has 138 valence electrons. The first-order valence-electron chi connectivity index (χ1n) is 8.05. The molecule has 2 heterocycles. The minimum atomic E-state index is -0.780. The second kappa shape index (κ2) is 7.65. The molecule has 0 spiro atoms. The van der Waals surface area contributed by atoms with Crippen LogP contribution in [0.5, 0.6) is 0 Å². The van der Waals surface area contributed by atoms with Gasteiger partial charge in [0, 0.05) is 4.88 Å². The second-order valence-corrected chi connectivity index (χ2v) is 6.80. The van der Waals surface area contributed by atoms with Crippen molar-refractivity contribution in [3.8, 4) is 0 Å². The van der Waals surface area contributed by atoms with E-state index in [1.165, 1.54) is 30.4 Å². The van der Waals surface area contributed by atoms with Crippen molar-refractivity contribution in [2.45, 2.75) is 32.1 Å². The number of carbonyl (C=O) groups excluding carboxylic acids is 2. The molecule has 0 bridgehead atoms. The number of aryl methyl sites for hydroxylation is 2. The molecule has 2 aromatic heterocycles. The van der Waals surface area contributed by atoms with Gasteiger partial charge < -0.3 is 9.47 Å². The maximum atomic E-state index is 12.4. The number of thiophene rings is 1. The first-order chi connectivity index (χ1) is 12.5. The molecule has 0 radical (unpaired) electrons. The number of fused-ring (bicyclic) bond motifs is 3. The molecule has 0 aliphatic heterocycles. The number of esters is 2. The summed E-state index contributed by atoms with van der Waals surface area (Å²) in [5, 5.41) is 4.47. The summed E-state index contributed by atoms with van der Waals surface area (Å²) >= 11 is 1.50. The third-order valence-electron chi connectivity index (χ3n) is 4.08. The van der Waals surface area contributed by atoms with Crippen LogP contribution in [0.25, 0.3) is 10.2 Å². The molecule has 0 fully saturated rings. The van der Waals surface area contributed by atoms with Crippen LogP contribution in [0.3, 0.4) is 0 Å². The van der Waals surface area contributed by atoms with Gasteiger partial charge in [0.05, 0.1) is 26.0 Å². The van der Waals surface area contributed by atoms with Crippen molar-refractivity contribution in [2.24, 2.45) is 5.10 Å². The summed E-state index contributed by atoms with van der Waals surface area (Å²) in [5.74, 6) is -1.33. The van der Waals surface area contributed by atoms with Gasteiger partial charge in [-0.1, -0.05) is 0 Å². The number of ether oxygens (including phenoxy) is 2. The number of nitrogens with zero attached hydrogens (tertiary/aromatic N) is 2. The lowest BCUT2D eigenvalue weighted by atomic mass is 9.97. The molecule has 0 aromatic carbocycles. The number of anilines is 1. The Bertz CT molecular complexity index is 946. The van der Waals surface area contributed by atoms with Gasteiger partial charge in [-0.25, -0.2) is 15.2 Å². The molecule has 1 aliphatic rings. The highest BCUT2D eigenvalue weighted by Crippen LogP contribution is 2.33. The Balaban J connectivity index is 1.91. The molecule has 0 saturated carbocycles. The summed E-state index contributed by atoms with van der Waals surface area (Å²) in [4.78, 5) is 44.4. The summed E-state index contributed by atoms with van der Waals surface area (Å²) < 4.78 is 9.11. The molecule has 1 aliphatic carbocycles. The highest BCUT2D eigenvalue weighted by atomic mass is 32.1. The van der Waals surface area contributed by atoms with Crippen molar-refractivity contribution >= 4 is 45.2 Å². The van der Waals surface area contributed by atoms with Crippen LogP contribution in [0.15, 0.2) is 9.90 Å². The predicted molar refractivity (Wildman–Crippen MR) is 96.6 cm³/mol. The van der Waals surface area contributed by atoms with Gasteiger partial charge in [0.25, 0.3) is 5.56 Å². The van der Waals surface area contributed by atoms with Crippen LogP contribution >= 0.6 is 11.3 Å². The minimum absolute atomic E-state index is 0.0902. The summed E-state index contributed by atoms with van der Waals surface area (Å²) in [7, 11) is 2.38. The van der Waals surface area contributed by atoms with Crippen molar-refractivity contribution in [1.82, 2.24) is 9.97 Å². The predicted octanol–water partition coefficient (Wildman–Crippen LogP) is 1.37. The van der Waals surface area contributed by atoms with Crippen molar-refractivity contribution in [3.05, 3.63) is 20.8 Å². The highest BCUT2D eigenvalue weighted by Gasteiger charge is 2.20. The average molecular weight is 378 g/mol. The molecule has 0 amide bonds. The van der Waals surface area contributed by atoms with Gasteiger partial charge in [-0.2, -0.15) is 5.10 Å². The normalized spacial score (nSPS) is 14.0. The fraction of sp³-hybridized carbons (Fsp3) is 0.438. The van der Waals surface area contributed by atoms with Gasteiger partial charge in [0.15, 0.2) is 5.71 Å². The Hall–Kier alpha value is -2.75. The number of H-pyrrole nitrogens is 1. The van der Waals surface area contributed by atoms with Gasteiger partial charge in [0.1, 0.15) is 4.83 Å². The Kier molecular flexibility index (Phi) is 5.31. The first-order valence-corrected chi connectivity index (χ1v) is 8.87. The third kappa shape index (κ3) is 3.59. The zero-order chi connectivity index (χ0) is 18.7. The summed E-state index contributed by atoms with van der Waals surface area (Å²) in [5.41, 5.74) is 3.17. The number of aromatic nitrogens is 2. The number of methoxy groups -OCH3 is 2. The van der Waals surface area contributed by atoms with E-state index in [2.05, 4.69) is 30.0 Å². The monoisotopic (exact) mass is 378 g/mol. The summed E-state index contributed by atoms with van der Waals surface area (Å²) in [6.07, 6.45) is 3.66. The van der Waals surface area contributed by atoms with Crippen LogP contribution in [0.2, 0.25) is 0 Å². The van der Waals surface area contributed by atoms with Crippen molar-refractivity contribution in [2.75, 3.05) is 19.6 Å². The van der Waals surface area contributed by atoms with E-state index in [0.717, 1.165) is 31.2 Å². The van der Waals surface area contributed by atoms with E-state index in [-0.39, 0.29) is 23.6 Å². The van der Waals surface area contributed by atoms with E-state index in [1.807, 2.05) is 0 Å². The Labute approximate surface area is 152 Å². The van der Waals surface area contributed by atoms with Gasteiger partial charge in [-0.15, -0.1) is 11.3 Å². The number of hydrogen-bond acceptors (Lipinski definition) is 9. The van der Waals surface area contributed by atoms with E-state index < -0.39 is 11.9 Å². The average Bonchev–Trinajstić information content (AvgIpc) is 3.02. The Morgan fingerprint density at radius 1 is 1.27 bits per heavy atom. The lowest BCUT2D eigenvalue weighted by Gasteiger charge is -2.09. The van der Waals surface area contributed by atoms with E-state index in [0.29, 0.717) is 10.2 Å². The SMILES string of the molecule is COC(=O)C/C(=N/Nc1nc2sc3c(c2c(=O)[nH]1)CCCC3)C(=O)OC. The molecular weight excluding hydrogens is 360 g/mol. The van der Waals surface area contributed by atoms with Crippen molar-refractivity contribution in [1.29, 1.82) is 0 Å². The third-order valence-corrected chi connectivity index (χ3v) is 5.27. The molecule has 10 heteroatoms. The number of nitrogens with one attached hydrogen (secondary N) is 2. The van der Waals surface area contributed by atoms with Gasteiger partial charge in [-0.3, -0.25) is 14.6 Å². The molecule has 3 rings (SSSR count). The van der Waals surface area contributed by atoms with Crippen molar-refractivity contribution < 1.29 is 19.1 Å². The zero-order valence-corrected chi connectivity index (χ0v) is 15.2. The molecule has 0 unspecified atom stereocenters. The molecule has 2 N–H and O–H groups in total. The van der Waals surface area contributed by atoms with Crippen LogP contribution < -0.4 is 11.0 Å². The van der Waals surface area contributed by atoms with E-state index in [4.69, 9.17) is 0 Å². The van der Waals surface area contributed by atoms with Crippen LogP contribution in [0.4, 0.5) is 5.95 Å². The van der Waals surface area contributed by atoms with Crippen LogP contribution in [0.1, 0.15) is 29.7 Å². The number of hydrogen-bond donors (Lipinski definition) is 2. The van der Waals surface area contributed by atoms with E-state index in [1.54, 1.807) is 0 Å². The summed E-state index contributed by atoms with van der Waals surface area (Å²) in [6, 6.07) is 0.